The smallest absolute Gasteiger partial charge is 0.398 e. The molecule has 0 atom stereocenters. The van der Waals surface area contributed by atoms with Crippen molar-refractivity contribution in [2.45, 2.75) is 276 Å². The minimum Gasteiger partial charge on any atom is -0.398 e. The third kappa shape index (κ3) is 57.1. The number of nitrogens with zero attached hydrogens (tertiary/aromatic N) is 8. The molecule has 0 saturated carbocycles. The molecule has 0 heterocycles. The fourth-order valence-electron chi connectivity index (χ4n) is 12.5. The summed E-state index contributed by atoms with van der Waals surface area (Å²) >= 11 is 11.2. The Balaban J connectivity index is -0.000000728. The van der Waals surface area contributed by atoms with E-state index < -0.39 is 35.0 Å². The number of ether oxygens (including phenoxy) is 4. The molecule has 0 fully saturated rings. The highest BCUT2D eigenvalue weighted by Crippen LogP contribution is 2.23. The van der Waals surface area contributed by atoms with Gasteiger partial charge in [-0.05, 0) is 157 Å². The zero-order valence-corrected chi connectivity index (χ0v) is 84.4. The van der Waals surface area contributed by atoms with Gasteiger partial charge < -0.3 is 107 Å². The van der Waals surface area contributed by atoms with Crippen molar-refractivity contribution in [3.63, 3.8) is 0 Å². The first kappa shape index (κ1) is 120. The number of rotatable bonds is 70. The van der Waals surface area contributed by atoms with E-state index in [9.17, 15) is 28.8 Å². The van der Waals surface area contributed by atoms with Crippen LogP contribution in [0.5, 0.6) is 0 Å². The Kier molecular flexibility index (Phi) is 77.4. The van der Waals surface area contributed by atoms with E-state index in [-0.39, 0.29) is 93.4 Å². The minimum absolute atomic E-state index is 0.0101. The molecule has 0 N–H and O–H groups in total. The standard InChI is InChI=1S/2C21H44N2O6Si.C21H44N2O4S2Si.C19H40N2O5Si/c2*1-8-12-22(13-9-2)20(24)17-28-18-21(25)23(14-10-3)15-11-16-30(26-6,27-7)29-19(4)5;1-8-12-22(13-9-2)20(28)17-26-18-21(29)23(14-10-3)15-11-16-30(24-6,25-7)27-19(4)5;1-7-11-20(12-8-2)18(22)16-26-17-19(23)21(13-9-3)14-10-15-27(6,24-4)25-5/h3*19H,8-18H2,1-7H3;7-17H2,1-6H3. The lowest BCUT2D eigenvalue weighted by Crippen LogP contribution is -2.46. The van der Waals surface area contributed by atoms with Gasteiger partial charge in [0.05, 0.1) is 13.2 Å². The van der Waals surface area contributed by atoms with Gasteiger partial charge in [-0.1, -0.05) is 108 Å². The van der Waals surface area contributed by atoms with Gasteiger partial charge in [-0.3, -0.25) is 28.8 Å². The van der Waals surface area contributed by atoms with Gasteiger partial charge in [0.15, 0.2) is 0 Å². The van der Waals surface area contributed by atoms with E-state index in [1.807, 2.05) is 110 Å². The van der Waals surface area contributed by atoms with E-state index in [1.165, 1.54) is 0 Å². The van der Waals surface area contributed by atoms with Gasteiger partial charge in [0, 0.05) is 198 Å². The van der Waals surface area contributed by atoms with Crippen molar-refractivity contribution in [2.75, 3.05) is 214 Å². The summed E-state index contributed by atoms with van der Waals surface area (Å²) in [4.78, 5) is 91.3. The third-order valence-electron chi connectivity index (χ3n) is 18.3. The molecule has 0 saturated heterocycles. The lowest BCUT2D eigenvalue weighted by Gasteiger charge is -2.30. The predicted octanol–water partition coefficient (Wildman–Crippen LogP) is 13.1. The molecular weight excluding hydrogens is 1610 g/mol. The molecule has 0 radical (unpaired) electrons. The average Bonchev–Trinajstić information content (AvgIpc) is 0.880. The first-order valence-corrected chi connectivity index (χ1v) is 52.8. The van der Waals surface area contributed by atoms with Crippen LogP contribution in [0.2, 0.25) is 30.7 Å². The summed E-state index contributed by atoms with van der Waals surface area (Å²) in [7, 11) is 2.96. The third-order valence-corrected chi connectivity index (χ3v) is 31.2. The van der Waals surface area contributed by atoms with Gasteiger partial charge in [-0.15, -0.1) is 0 Å². The van der Waals surface area contributed by atoms with Crippen LogP contribution in [0.4, 0.5) is 0 Å². The van der Waals surface area contributed by atoms with Crippen molar-refractivity contribution < 1.29 is 96.4 Å². The number of hydrogen-bond acceptors (Lipinski definition) is 23. The summed E-state index contributed by atoms with van der Waals surface area (Å²) in [6.45, 7) is 51.0. The lowest BCUT2D eigenvalue weighted by atomic mass is 10.3. The molecule has 6 amide bonds. The zero-order valence-electron chi connectivity index (χ0n) is 78.8. The fourth-order valence-corrected chi connectivity index (χ4v) is 21.0. The Morgan fingerprint density at radius 3 is 0.590 bits per heavy atom. The summed E-state index contributed by atoms with van der Waals surface area (Å²) in [5.74, 6) is -0.440. The molecule has 117 heavy (non-hydrogen) atoms. The Morgan fingerprint density at radius 2 is 0.410 bits per heavy atom. The SMILES string of the molecule is CCCN(CCC)C(=O)COCC(=O)N(CCC)CCC[Si](C)(OC)OC.CCCN(CCC)C(=O)COCC(=O)N(CCC)CCC[Si](OC)(OC)OC(C)C.CCCN(CCC)C(=O)COCC(=O)N(CCC)CCC[Si](OC)(OC)OC(C)C.CCCN(CCC)C(=S)COCC(=S)N(CCC)CCC[Si](OC)(OC)OC(C)C. The Hall–Kier alpha value is -3.13. The van der Waals surface area contributed by atoms with E-state index >= 15 is 0 Å². The van der Waals surface area contributed by atoms with Crippen LogP contribution in [0.15, 0.2) is 0 Å². The molecule has 0 aromatic rings. The number of hydrogen-bond donors (Lipinski definition) is 0. The van der Waals surface area contributed by atoms with Crippen molar-refractivity contribution in [2.24, 2.45) is 0 Å². The summed E-state index contributed by atoms with van der Waals surface area (Å²) < 4.78 is 84.6. The van der Waals surface area contributed by atoms with E-state index in [0.717, 1.165) is 177 Å². The first-order valence-electron chi connectivity index (χ1n) is 43.7. The molecule has 35 heteroatoms. The van der Waals surface area contributed by atoms with Crippen LogP contribution in [0.25, 0.3) is 0 Å². The number of amides is 6. The van der Waals surface area contributed by atoms with Crippen LogP contribution >= 0.6 is 24.4 Å². The maximum atomic E-state index is 12.6. The van der Waals surface area contributed by atoms with Gasteiger partial charge in [0.25, 0.3) is 0 Å². The second-order valence-electron chi connectivity index (χ2n) is 29.7. The van der Waals surface area contributed by atoms with Crippen molar-refractivity contribution in [1.29, 1.82) is 0 Å². The lowest BCUT2D eigenvalue weighted by molar-refractivity contribution is -0.143. The monoisotopic (exact) mass is 1780 g/mol. The summed E-state index contributed by atoms with van der Waals surface area (Å²) in [6, 6.07) is 2.85. The quantitative estimate of drug-likeness (QED) is 0.0404. The summed E-state index contributed by atoms with van der Waals surface area (Å²) in [6.07, 6.45) is 14.5. The van der Waals surface area contributed by atoms with Crippen molar-refractivity contribution >= 4 is 105 Å². The largest absolute Gasteiger partial charge is 0.500 e. The molecular formula is C82H172N8O21S2Si4. The maximum Gasteiger partial charge on any atom is 0.500 e. The zero-order chi connectivity index (χ0) is 89.7. The van der Waals surface area contributed by atoms with Gasteiger partial charge in [-0.25, -0.2) is 0 Å². The van der Waals surface area contributed by atoms with E-state index in [4.69, 9.17) is 92.1 Å². The summed E-state index contributed by atoms with van der Waals surface area (Å²) in [5, 5.41) is 0. The molecule has 0 aliphatic carbocycles. The van der Waals surface area contributed by atoms with Crippen molar-refractivity contribution in [3.8, 4) is 0 Å². The molecule has 29 nitrogen and oxygen atoms in total. The summed E-state index contributed by atoms with van der Waals surface area (Å²) in [5.41, 5.74) is 0. The van der Waals surface area contributed by atoms with Gasteiger partial charge in [0.2, 0.25) is 35.4 Å². The van der Waals surface area contributed by atoms with Crippen LogP contribution in [-0.2, 0) is 96.4 Å². The molecule has 0 aliphatic rings. The highest BCUT2D eigenvalue weighted by molar-refractivity contribution is 7.80. The highest BCUT2D eigenvalue weighted by atomic mass is 32.1. The Bertz CT molecular complexity index is 2280. The van der Waals surface area contributed by atoms with E-state index in [1.54, 1.807) is 86.3 Å². The van der Waals surface area contributed by atoms with Gasteiger partial charge in [0.1, 0.15) is 49.6 Å². The molecule has 0 unspecified atom stereocenters. The van der Waals surface area contributed by atoms with Crippen LogP contribution in [-0.4, -0.2) is 352 Å². The number of carbonyl (C=O) groups excluding carboxylic acids is 6. The second-order valence-corrected chi connectivity index (χ2v) is 43.0. The fraction of sp³-hybridized carbons (Fsp3) is 0.902. The molecule has 0 aromatic heterocycles. The molecule has 0 aliphatic heterocycles. The number of carbonyl (C=O) groups is 6. The molecule has 694 valence electrons. The first-order chi connectivity index (χ1) is 55.7. The molecule has 0 bridgehead atoms. The van der Waals surface area contributed by atoms with Crippen LogP contribution in [0, 0.1) is 0 Å². The van der Waals surface area contributed by atoms with Gasteiger partial charge >= 0.3 is 35.0 Å². The number of thiocarbonyl (C=S) groups is 2. The van der Waals surface area contributed by atoms with Crippen LogP contribution < -0.4 is 0 Å². The molecule has 0 spiro atoms. The van der Waals surface area contributed by atoms with Gasteiger partial charge in [-0.2, -0.15) is 0 Å². The average molecular weight is 1780 g/mol. The molecule has 0 aromatic carbocycles. The minimum atomic E-state index is -2.72. The maximum absolute atomic E-state index is 12.6. The highest BCUT2D eigenvalue weighted by Gasteiger charge is 2.42. The Labute approximate surface area is 727 Å². The normalized spacial score (nSPS) is 11.7. The van der Waals surface area contributed by atoms with Crippen LogP contribution in [0.3, 0.4) is 0 Å². The van der Waals surface area contributed by atoms with Crippen molar-refractivity contribution in [1.82, 2.24) is 39.2 Å². The van der Waals surface area contributed by atoms with E-state index in [0.29, 0.717) is 77.4 Å². The Morgan fingerprint density at radius 1 is 0.248 bits per heavy atom. The van der Waals surface area contributed by atoms with E-state index in [2.05, 4.69) is 30.6 Å². The second kappa shape index (κ2) is 75.4. The van der Waals surface area contributed by atoms with Crippen molar-refractivity contribution in [3.05, 3.63) is 0 Å². The topological polar surface area (TPSA) is 267 Å². The predicted molar refractivity (Wildman–Crippen MR) is 486 cm³/mol. The van der Waals surface area contributed by atoms with Crippen LogP contribution in [0.1, 0.15) is 227 Å². The molecule has 0 rings (SSSR count).